The smallest absolute Gasteiger partial charge is 0.329 e. The number of fused-ring (bicyclic) bond motifs is 1. The van der Waals surface area contributed by atoms with Gasteiger partial charge in [-0.2, -0.15) is 0 Å². The second-order valence-electron chi connectivity index (χ2n) is 8.74. The summed E-state index contributed by atoms with van der Waals surface area (Å²) in [5.41, 5.74) is 1.83. The first-order valence-electron chi connectivity index (χ1n) is 11.4. The number of ether oxygens (including phenoxy) is 1. The maximum Gasteiger partial charge on any atom is 0.329 e. The molecular formula is C26H28N2O5. The number of hydrogen-bond donors (Lipinski definition) is 0. The molecule has 7 nitrogen and oxygen atoms in total. The van der Waals surface area contributed by atoms with Gasteiger partial charge in [-0.25, -0.2) is 4.79 Å². The predicted octanol–water partition coefficient (Wildman–Crippen LogP) is 3.08. The van der Waals surface area contributed by atoms with Crippen LogP contribution in [-0.2, 0) is 20.7 Å². The van der Waals surface area contributed by atoms with Crippen LogP contribution in [-0.4, -0.2) is 58.7 Å². The average molecular weight is 449 g/mol. The van der Waals surface area contributed by atoms with E-state index in [-0.39, 0.29) is 17.0 Å². The van der Waals surface area contributed by atoms with E-state index in [1.54, 1.807) is 29.2 Å². The number of imide groups is 1. The minimum absolute atomic E-state index is 0.254. The molecule has 2 aliphatic rings. The van der Waals surface area contributed by atoms with E-state index in [1.165, 1.54) is 19.4 Å². The van der Waals surface area contributed by atoms with E-state index in [0.29, 0.717) is 19.0 Å². The highest BCUT2D eigenvalue weighted by atomic mass is 16.5. The van der Waals surface area contributed by atoms with Crippen LogP contribution >= 0.6 is 0 Å². The van der Waals surface area contributed by atoms with Crippen molar-refractivity contribution in [3.8, 4) is 0 Å². The number of carbonyl (C=O) groups excluding carboxylic acids is 4. The first-order valence-corrected chi connectivity index (χ1v) is 11.4. The Morgan fingerprint density at radius 3 is 2.03 bits per heavy atom. The summed E-state index contributed by atoms with van der Waals surface area (Å²) in [6.45, 7) is 4.21. The van der Waals surface area contributed by atoms with Gasteiger partial charge in [-0.15, -0.1) is 0 Å². The summed E-state index contributed by atoms with van der Waals surface area (Å²) in [4.78, 5) is 53.4. The molecule has 0 bridgehead atoms. The van der Waals surface area contributed by atoms with Gasteiger partial charge in [-0.1, -0.05) is 42.5 Å². The average Bonchev–Trinajstić information content (AvgIpc) is 3.09. The van der Waals surface area contributed by atoms with E-state index >= 15 is 0 Å². The summed E-state index contributed by atoms with van der Waals surface area (Å²) in [5, 5.41) is 0. The molecule has 2 unspecified atom stereocenters. The van der Waals surface area contributed by atoms with Crippen molar-refractivity contribution < 1.29 is 23.9 Å². The molecule has 0 aliphatic carbocycles. The molecule has 1 fully saturated rings. The molecule has 2 aromatic rings. The molecule has 33 heavy (non-hydrogen) atoms. The molecule has 7 heteroatoms. The van der Waals surface area contributed by atoms with Gasteiger partial charge in [0.1, 0.15) is 6.04 Å². The number of piperidine rings is 1. The monoisotopic (exact) mass is 448 g/mol. The highest BCUT2D eigenvalue weighted by Crippen LogP contribution is 2.26. The Morgan fingerprint density at radius 1 is 0.909 bits per heavy atom. The fraction of sp³-hybridized carbons (Fsp3) is 0.385. The van der Waals surface area contributed by atoms with Crippen LogP contribution in [0, 0.1) is 5.92 Å². The molecule has 0 saturated carbocycles. The number of carbonyl (C=O) groups is 4. The van der Waals surface area contributed by atoms with Gasteiger partial charge in [-0.3, -0.25) is 19.3 Å². The lowest BCUT2D eigenvalue weighted by molar-refractivity contribution is -0.162. The van der Waals surface area contributed by atoms with Crippen LogP contribution in [0.3, 0.4) is 0 Å². The number of benzene rings is 2. The highest BCUT2D eigenvalue weighted by Gasteiger charge is 2.42. The zero-order chi connectivity index (χ0) is 23.5. The quantitative estimate of drug-likeness (QED) is 0.501. The van der Waals surface area contributed by atoms with Crippen LogP contribution in [0.15, 0.2) is 54.6 Å². The van der Waals surface area contributed by atoms with E-state index in [9.17, 15) is 19.2 Å². The molecule has 3 amide bonds. The van der Waals surface area contributed by atoms with Gasteiger partial charge in [0.05, 0.1) is 11.1 Å². The van der Waals surface area contributed by atoms with Crippen molar-refractivity contribution in [3.63, 3.8) is 0 Å². The van der Waals surface area contributed by atoms with Crippen LogP contribution in [0.25, 0.3) is 0 Å². The zero-order valence-electron chi connectivity index (χ0n) is 18.9. The van der Waals surface area contributed by atoms with Gasteiger partial charge in [0.2, 0.25) is 0 Å². The van der Waals surface area contributed by atoms with E-state index in [2.05, 4.69) is 12.1 Å². The first kappa shape index (κ1) is 22.7. The Labute approximate surface area is 193 Å². The number of rotatable bonds is 6. The summed E-state index contributed by atoms with van der Waals surface area (Å²) in [7, 11) is 0. The summed E-state index contributed by atoms with van der Waals surface area (Å²) < 4.78 is 5.38. The van der Waals surface area contributed by atoms with Gasteiger partial charge < -0.3 is 9.64 Å². The lowest BCUT2D eigenvalue weighted by Gasteiger charge is -2.33. The molecule has 2 heterocycles. The number of hydrogen-bond acceptors (Lipinski definition) is 5. The second-order valence-corrected chi connectivity index (χ2v) is 8.74. The Kier molecular flexibility index (Phi) is 6.58. The second kappa shape index (κ2) is 9.57. The predicted molar refractivity (Wildman–Crippen MR) is 121 cm³/mol. The van der Waals surface area contributed by atoms with Crippen molar-refractivity contribution in [2.75, 3.05) is 13.1 Å². The summed E-state index contributed by atoms with van der Waals surface area (Å²) in [6, 6.07) is 15.6. The maximum absolute atomic E-state index is 12.9. The maximum atomic E-state index is 12.9. The molecule has 2 aliphatic heterocycles. The van der Waals surface area contributed by atoms with Crippen molar-refractivity contribution in [3.05, 3.63) is 71.3 Å². The van der Waals surface area contributed by atoms with Crippen molar-refractivity contribution in [2.24, 2.45) is 5.92 Å². The number of esters is 1. The molecule has 0 N–H and O–H groups in total. The first-order chi connectivity index (χ1) is 15.9. The van der Waals surface area contributed by atoms with E-state index in [1.807, 2.05) is 18.2 Å². The standard InChI is InChI=1S/C26H28N2O5/c1-17(28-24(30)21-10-6-7-11-22(21)25(28)31)26(32)33-18(2)23(29)27-14-12-20(13-15-27)16-19-8-4-3-5-9-19/h3-11,17-18,20H,12-16H2,1-2H3. The van der Waals surface area contributed by atoms with E-state index in [0.717, 1.165) is 24.2 Å². The van der Waals surface area contributed by atoms with Crippen LogP contribution < -0.4 is 0 Å². The molecule has 2 atom stereocenters. The molecule has 0 aromatic heterocycles. The van der Waals surface area contributed by atoms with Gasteiger partial charge in [-0.05, 0) is 56.7 Å². The molecule has 0 spiro atoms. The number of amides is 3. The van der Waals surface area contributed by atoms with Gasteiger partial charge in [0, 0.05) is 13.1 Å². The third kappa shape index (κ3) is 4.67. The van der Waals surface area contributed by atoms with Crippen LogP contribution in [0.4, 0.5) is 0 Å². The Morgan fingerprint density at radius 2 is 1.45 bits per heavy atom. The molecule has 0 radical (unpaired) electrons. The molecule has 1 saturated heterocycles. The van der Waals surface area contributed by atoms with Crippen molar-refractivity contribution in [2.45, 2.75) is 45.3 Å². The molecule has 172 valence electrons. The normalized spacial score (nSPS) is 18.1. The molecule has 2 aromatic carbocycles. The zero-order valence-corrected chi connectivity index (χ0v) is 18.9. The lowest BCUT2D eigenvalue weighted by Crippen LogP contribution is -2.48. The van der Waals surface area contributed by atoms with Crippen LogP contribution in [0.5, 0.6) is 0 Å². The SMILES string of the molecule is CC(OC(=O)C(C)N1C(=O)c2ccccc2C1=O)C(=O)N1CCC(Cc2ccccc2)CC1. The van der Waals surface area contributed by atoms with E-state index in [4.69, 9.17) is 4.74 Å². The minimum atomic E-state index is -1.12. The van der Waals surface area contributed by atoms with Crippen molar-refractivity contribution in [1.82, 2.24) is 9.80 Å². The summed E-state index contributed by atoms with van der Waals surface area (Å²) in [5.74, 6) is -1.57. The Hall–Kier alpha value is -3.48. The topological polar surface area (TPSA) is 84.0 Å². The Balaban J connectivity index is 1.30. The van der Waals surface area contributed by atoms with Crippen LogP contribution in [0.1, 0.15) is 53.0 Å². The fourth-order valence-corrected chi connectivity index (χ4v) is 4.55. The highest BCUT2D eigenvalue weighted by molar-refractivity contribution is 6.22. The van der Waals surface area contributed by atoms with Crippen molar-refractivity contribution in [1.29, 1.82) is 0 Å². The Bertz CT molecular complexity index is 1020. The van der Waals surface area contributed by atoms with Gasteiger partial charge in [0.25, 0.3) is 17.7 Å². The number of nitrogens with zero attached hydrogens (tertiary/aromatic N) is 2. The number of likely N-dealkylation sites (tertiary alicyclic amines) is 1. The summed E-state index contributed by atoms with van der Waals surface area (Å²) in [6.07, 6.45) is 1.80. The van der Waals surface area contributed by atoms with Crippen molar-refractivity contribution >= 4 is 23.7 Å². The van der Waals surface area contributed by atoms with Gasteiger partial charge in [0.15, 0.2) is 6.10 Å². The third-order valence-electron chi connectivity index (χ3n) is 6.49. The largest absolute Gasteiger partial charge is 0.451 e. The third-order valence-corrected chi connectivity index (χ3v) is 6.49. The van der Waals surface area contributed by atoms with Crippen LogP contribution in [0.2, 0.25) is 0 Å². The lowest BCUT2D eigenvalue weighted by atomic mass is 9.90. The van der Waals surface area contributed by atoms with E-state index < -0.39 is 29.9 Å². The fourth-order valence-electron chi connectivity index (χ4n) is 4.55. The molecule has 4 rings (SSSR count). The minimum Gasteiger partial charge on any atom is -0.451 e. The molecular weight excluding hydrogens is 420 g/mol. The summed E-state index contributed by atoms with van der Waals surface area (Å²) >= 11 is 0. The van der Waals surface area contributed by atoms with Gasteiger partial charge >= 0.3 is 5.97 Å².